The van der Waals surface area contributed by atoms with Crippen LogP contribution in [0.3, 0.4) is 0 Å². The lowest BCUT2D eigenvalue weighted by Gasteiger charge is -2.12. The average molecular weight is 344 g/mol. The zero-order chi connectivity index (χ0) is 18.4. The molecule has 0 spiro atoms. The van der Waals surface area contributed by atoms with E-state index in [1.165, 1.54) is 29.8 Å². The number of hydrogen-bond donors (Lipinski definition) is 2. The smallest absolute Gasteiger partial charge is 0.276 e. The fourth-order valence-corrected chi connectivity index (χ4v) is 2.37. The largest absolute Gasteiger partial charge is 0.484 e. The van der Waals surface area contributed by atoms with Crippen molar-refractivity contribution in [2.75, 3.05) is 6.61 Å². The minimum atomic E-state index is -0.537. The van der Waals surface area contributed by atoms with Crippen molar-refractivity contribution in [3.05, 3.63) is 65.0 Å². The molecule has 0 aliphatic heterocycles. The lowest BCUT2D eigenvalue weighted by molar-refractivity contribution is -0.123. The zero-order valence-electron chi connectivity index (χ0n) is 14.4. The third-order valence-corrected chi connectivity index (χ3v) is 3.66. The van der Waals surface area contributed by atoms with Gasteiger partial charge in [-0.1, -0.05) is 19.9 Å². The molecule has 25 heavy (non-hydrogen) atoms. The van der Waals surface area contributed by atoms with Gasteiger partial charge in [-0.05, 0) is 60.4 Å². The Labute approximate surface area is 146 Å². The van der Waals surface area contributed by atoms with Crippen LogP contribution in [0.4, 0.5) is 4.39 Å². The Kier molecular flexibility index (Phi) is 6.11. The molecule has 0 bridgehead atoms. The lowest BCUT2D eigenvalue weighted by atomic mass is 9.98. The maximum Gasteiger partial charge on any atom is 0.276 e. The van der Waals surface area contributed by atoms with Crippen molar-refractivity contribution in [2.45, 2.75) is 26.7 Å². The number of ether oxygens (including phenoxy) is 1. The van der Waals surface area contributed by atoms with Crippen LogP contribution in [0, 0.1) is 12.7 Å². The topological polar surface area (TPSA) is 67.4 Å². The van der Waals surface area contributed by atoms with E-state index in [0.29, 0.717) is 11.7 Å². The molecular weight excluding hydrogens is 323 g/mol. The SMILES string of the molecule is Cc1cc(OCC(=O)NNC(=O)c2ccc(F)cc2)ccc1C(C)C. The highest BCUT2D eigenvalue weighted by atomic mass is 19.1. The molecule has 0 saturated heterocycles. The Hall–Kier alpha value is -2.89. The highest BCUT2D eigenvalue weighted by molar-refractivity contribution is 5.95. The average Bonchev–Trinajstić information content (AvgIpc) is 2.58. The van der Waals surface area contributed by atoms with Crippen molar-refractivity contribution in [1.29, 1.82) is 0 Å². The maximum absolute atomic E-state index is 12.8. The first-order chi connectivity index (χ1) is 11.9. The summed E-state index contributed by atoms with van der Waals surface area (Å²) in [6, 6.07) is 10.7. The van der Waals surface area contributed by atoms with Gasteiger partial charge in [0, 0.05) is 5.56 Å². The molecule has 2 aromatic rings. The lowest BCUT2D eigenvalue weighted by Crippen LogP contribution is -2.43. The predicted octanol–water partition coefficient (Wildman–Crippen LogP) is 3.10. The van der Waals surface area contributed by atoms with Gasteiger partial charge in [0.15, 0.2) is 6.61 Å². The van der Waals surface area contributed by atoms with Crippen molar-refractivity contribution in [3.8, 4) is 5.75 Å². The van der Waals surface area contributed by atoms with Crippen LogP contribution in [0.5, 0.6) is 5.75 Å². The molecule has 0 saturated carbocycles. The molecule has 5 nitrogen and oxygen atoms in total. The number of hydrogen-bond acceptors (Lipinski definition) is 3. The fraction of sp³-hybridized carbons (Fsp3) is 0.263. The highest BCUT2D eigenvalue weighted by Crippen LogP contribution is 2.23. The Morgan fingerprint density at radius 3 is 2.36 bits per heavy atom. The van der Waals surface area contributed by atoms with Gasteiger partial charge in [0.2, 0.25) is 0 Å². The number of carbonyl (C=O) groups excluding carboxylic acids is 2. The van der Waals surface area contributed by atoms with Gasteiger partial charge < -0.3 is 4.74 Å². The van der Waals surface area contributed by atoms with Gasteiger partial charge in [-0.3, -0.25) is 20.4 Å². The third-order valence-electron chi connectivity index (χ3n) is 3.66. The van der Waals surface area contributed by atoms with Crippen LogP contribution in [0.25, 0.3) is 0 Å². The number of aryl methyl sites for hydroxylation is 1. The maximum atomic E-state index is 12.8. The van der Waals surface area contributed by atoms with E-state index in [1.807, 2.05) is 25.1 Å². The van der Waals surface area contributed by atoms with E-state index >= 15 is 0 Å². The second kappa shape index (κ2) is 8.28. The number of carbonyl (C=O) groups is 2. The summed E-state index contributed by atoms with van der Waals surface area (Å²) < 4.78 is 18.2. The minimum Gasteiger partial charge on any atom is -0.484 e. The van der Waals surface area contributed by atoms with Crippen LogP contribution in [0.2, 0.25) is 0 Å². The van der Waals surface area contributed by atoms with E-state index in [9.17, 15) is 14.0 Å². The Morgan fingerprint density at radius 2 is 1.76 bits per heavy atom. The molecule has 0 fully saturated rings. The molecule has 0 aromatic heterocycles. The summed E-state index contributed by atoms with van der Waals surface area (Å²) in [7, 11) is 0. The van der Waals surface area contributed by atoms with Gasteiger partial charge in [0.1, 0.15) is 11.6 Å². The minimum absolute atomic E-state index is 0.232. The normalized spacial score (nSPS) is 10.4. The van der Waals surface area contributed by atoms with E-state index in [2.05, 4.69) is 24.7 Å². The fourth-order valence-electron chi connectivity index (χ4n) is 2.37. The summed E-state index contributed by atoms with van der Waals surface area (Å²) in [6.45, 7) is 5.98. The van der Waals surface area contributed by atoms with Crippen molar-refractivity contribution in [3.63, 3.8) is 0 Å². The number of nitrogens with one attached hydrogen (secondary N) is 2. The van der Waals surface area contributed by atoms with Gasteiger partial charge in [0.05, 0.1) is 0 Å². The second-order valence-corrected chi connectivity index (χ2v) is 5.97. The molecule has 0 heterocycles. The molecule has 2 aromatic carbocycles. The summed E-state index contributed by atoms with van der Waals surface area (Å²) in [6.07, 6.45) is 0. The molecule has 132 valence electrons. The van der Waals surface area contributed by atoms with Crippen LogP contribution in [-0.2, 0) is 4.79 Å². The third kappa shape index (κ3) is 5.31. The molecular formula is C19H21FN2O3. The molecule has 6 heteroatoms. The van der Waals surface area contributed by atoms with Crippen LogP contribution in [0.1, 0.15) is 41.3 Å². The predicted molar refractivity (Wildman–Crippen MR) is 92.8 cm³/mol. The molecule has 0 radical (unpaired) electrons. The van der Waals surface area contributed by atoms with Gasteiger partial charge in [-0.25, -0.2) is 4.39 Å². The first-order valence-corrected chi connectivity index (χ1v) is 7.95. The molecule has 2 N–H and O–H groups in total. The van der Waals surface area contributed by atoms with Crippen LogP contribution in [-0.4, -0.2) is 18.4 Å². The van der Waals surface area contributed by atoms with Crippen molar-refractivity contribution in [1.82, 2.24) is 10.9 Å². The zero-order valence-corrected chi connectivity index (χ0v) is 14.4. The van der Waals surface area contributed by atoms with Gasteiger partial charge in [-0.15, -0.1) is 0 Å². The molecule has 2 amide bonds. The first kappa shape index (κ1) is 18.4. The quantitative estimate of drug-likeness (QED) is 0.819. The van der Waals surface area contributed by atoms with E-state index in [1.54, 1.807) is 0 Å². The second-order valence-electron chi connectivity index (χ2n) is 5.97. The molecule has 0 aliphatic rings. The summed E-state index contributed by atoms with van der Waals surface area (Å²) >= 11 is 0. The van der Waals surface area contributed by atoms with Crippen molar-refractivity contribution in [2.24, 2.45) is 0 Å². The number of hydrazine groups is 1. The number of rotatable bonds is 5. The molecule has 2 rings (SSSR count). The van der Waals surface area contributed by atoms with Gasteiger partial charge in [-0.2, -0.15) is 0 Å². The van der Waals surface area contributed by atoms with Crippen molar-refractivity contribution >= 4 is 11.8 Å². The van der Waals surface area contributed by atoms with Gasteiger partial charge >= 0.3 is 0 Å². The summed E-state index contributed by atoms with van der Waals surface area (Å²) in [5.74, 6) is -0.472. The monoisotopic (exact) mass is 344 g/mol. The summed E-state index contributed by atoms with van der Waals surface area (Å²) in [4.78, 5) is 23.5. The van der Waals surface area contributed by atoms with Crippen LogP contribution in [0.15, 0.2) is 42.5 Å². The highest BCUT2D eigenvalue weighted by Gasteiger charge is 2.09. The molecule has 0 atom stereocenters. The Morgan fingerprint density at radius 1 is 1.08 bits per heavy atom. The van der Waals surface area contributed by atoms with E-state index in [4.69, 9.17) is 4.74 Å². The Balaban J connectivity index is 1.81. The van der Waals surface area contributed by atoms with E-state index < -0.39 is 17.6 Å². The van der Waals surface area contributed by atoms with Crippen molar-refractivity contribution < 1.29 is 18.7 Å². The summed E-state index contributed by atoms with van der Waals surface area (Å²) in [5.41, 5.74) is 7.06. The standard InChI is InChI=1S/C19H21FN2O3/c1-12(2)17-9-8-16(10-13(17)3)25-11-18(23)21-22-19(24)14-4-6-15(20)7-5-14/h4-10,12H,11H2,1-3H3,(H,21,23)(H,22,24). The molecule has 0 aliphatic carbocycles. The van der Waals surface area contributed by atoms with Gasteiger partial charge in [0.25, 0.3) is 11.8 Å². The molecule has 0 unspecified atom stereocenters. The number of halogens is 1. The summed E-state index contributed by atoms with van der Waals surface area (Å²) in [5, 5.41) is 0. The number of amides is 2. The van der Waals surface area contributed by atoms with Crippen LogP contribution < -0.4 is 15.6 Å². The van der Waals surface area contributed by atoms with E-state index in [0.717, 1.165) is 5.56 Å². The van der Waals surface area contributed by atoms with E-state index in [-0.39, 0.29) is 12.2 Å². The Bertz CT molecular complexity index is 758. The van der Waals surface area contributed by atoms with Crippen LogP contribution >= 0.6 is 0 Å². The first-order valence-electron chi connectivity index (χ1n) is 7.95. The number of benzene rings is 2.